The molecule has 0 saturated carbocycles. The van der Waals surface area contributed by atoms with Crippen LogP contribution in [0.4, 0.5) is 4.79 Å². The van der Waals surface area contributed by atoms with Crippen LogP contribution in [0.2, 0.25) is 0 Å². The Bertz CT molecular complexity index is 121. The van der Waals surface area contributed by atoms with Crippen LogP contribution in [0, 0.1) is 0 Å². The third kappa shape index (κ3) is 9900. The minimum atomic E-state index is -4.89. The molecule has 0 radical (unpaired) electrons. The Morgan fingerprint density at radius 3 is 1.17 bits per heavy atom. The Kier molecular flexibility index (Phi) is 34.0. The Morgan fingerprint density at radius 1 is 1.17 bits per heavy atom. The van der Waals surface area contributed by atoms with E-state index in [-0.39, 0.29) is 41.9 Å². The van der Waals surface area contributed by atoms with Crippen molar-refractivity contribution >= 4 is 14.0 Å². The van der Waals surface area contributed by atoms with Crippen LogP contribution in [-0.2, 0) is 4.57 Å². The number of carboxylic acid groups (broad SMARTS) is 2. The van der Waals surface area contributed by atoms with Gasteiger partial charge in [-0.1, -0.05) is 0 Å². The first-order valence-electron chi connectivity index (χ1n) is 1.38. The number of quaternary nitrogens is 2. The summed E-state index contributed by atoms with van der Waals surface area (Å²) in [4.78, 5) is 31.3. The SMILES string of the molecule is O=C([O-])[O-].O=P([O-])(O)O.[NH4+].[NH4+].[Na+]. The van der Waals surface area contributed by atoms with E-state index in [0.717, 1.165) is 0 Å². The first kappa shape index (κ1) is 29.5. The van der Waals surface area contributed by atoms with E-state index in [1.807, 2.05) is 0 Å². The summed E-state index contributed by atoms with van der Waals surface area (Å²) >= 11 is 0. The second-order valence-corrected chi connectivity index (χ2v) is 1.72. The van der Waals surface area contributed by atoms with Crippen molar-refractivity contribution in [2.75, 3.05) is 0 Å². The van der Waals surface area contributed by atoms with Gasteiger partial charge >= 0.3 is 29.6 Å². The first-order chi connectivity index (χ1) is 3.73. The number of hydrogen-bond acceptors (Lipinski definition) is 5. The molecule has 0 spiro atoms. The molecule has 0 aromatic carbocycles. The van der Waals surface area contributed by atoms with Crippen molar-refractivity contribution in [2.45, 2.75) is 0 Å². The summed E-state index contributed by atoms with van der Waals surface area (Å²) in [5, 5.41) is 16.7. The van der Waals surface area contributed by atoms with Crippen LogP contribution >= 0.6 is 7.82 Å². The fourth-order valence-electron chi connectivity index (χ4n) is 0. The third-order valence-electron chi connectivity index (χ3n) is 0. The van der Waals surface area contributed by atoms with Crippen LogP contribution in [0.15, 0.2) is 0 Å². The van der Waals surface area contributed by atoms with Crippen LogP contribution in [0.25, 0.3) is 0 Å². The summed E-state index contributed by atoms with van der Waals surface area (Å²) in [6, 6.07) is 0. The average Bonchev–Trinajstić information content (AvgIpc) is 1.19. The van der Waals surface area contributed by atoms with E-state index in [0.29, 0.717) is 0 Å². The third-order valence-corrected chi connectivity index (χ3v) is 0. The Hall–Kier alpha value is 0.300. The zero-order valence-corrected chi connectivity index (χ0v) is 9.78. The molecule has 9 nitrogen and oxygen atoms in total. The molecule has 0 unspecified atom stereocenters. The van der Waals surface area contributed by atoms with E-state index >= 15 is 0 Å². The summed E-state index contributed by atoms with van der Waals surface area (Å²) in [6.45, 7) is 0. The molecule has 0 heterocycles. The maximum absolute atomic E-state index is 8.77. The molecule has 0 atom stereocenters. The smallest absolute Gasteiger partial charge is 0.756 e. The van der Waals surface area contributed by atoms with Gasteiger partial charge in [-0.05, 0) is 6.16 Å². The van der Waals surface area contributed by atoms with Gasteiger partial charge < -0.3 is 42.0 Å². The maximum atomic E-state index is 8.77. The zero-order chi connectivity index (χ0) is 8.08. The maximum Gasteiger partial charge on any atom is 1.00 e. The van der Waals surface area contributed by atoms with Crippen molar-refractivity contribution in [3.8, 4) is 0 Å². The fourth-order valence-corrected chi connectivity index (χ4v) is 0. The molecule has 0 fully saturated rings. The molecule has 12 heavy (non-hydrogen) atoms. The Morgan fingerprint density at radius 2 is 1.17 bits per heavy atom. The van der Waals surface area contributed by atoms with Gasteiger partial charge in [0.25, 0.3) is 7.82 Å². The van der Waals surface area contributed by atoms with Gasteiger partial charge in [-0.3, -0.25) is 4.57 Å². The van der Waals surface area contributed by atoms with Crippen molar-refractivity contribution in [3.05, 3.63) is 0 Å². The monoisotopic (exact) mass is 216 g/mol. The van der Waals surface area contributed by atoms with Gasteiger partial charge in [-0.25, -0.2) is 0 Å². The number of carbonyl (C=O) groups excluding carboxylic acids is 1. The van der Waals surface area contributed by atoms with E-state index in [1.165, 1.54) is 0 Å². The molecule has 0 bridgehead atoms. The van der Waals surface area contributed by atoms with Crippen molar-refractivity contribution in [2.24, 2.45) is 0 Å². The largest absolute Gasteiger partial charge is 1.00 e. The van der Waals surface area contributed by atoms with Crippen molar-refractivity contribution < 1.29 is 63.8 Å². The molecule has 0 aliphatic carbocycles. The first-order valence-corrected chi connectivity index (χ1v) is 2.91. The molecular weight excluding hydrogens is 206 g/mol. The van der Waals surface area contributed by atoms with E-state index in [2.05, 4.69) is 0 Å². The molecule has 0 aromatic rings. The Balaban J connectivity index is -0.0000000221. The van der Waals surface area contributed by atoms with Crippen LogP contribution < -0.4 is 57.0 Å². The molecule has 0 aliphatic rings. The normalized spacial score (nSPS) is 6.92. The number of phosphoric acid groups is 1. The average molecular weight is 216 g/mol. The quantitative estimate of drug-likeness (QED) is 0.226. The predicted molar refractivity (Wildman–Crippen MR) is 29.4 cm³/mol. The number of hydrogen-bond donors (Lipinski definition) is 4. The van der Waals surface area contributed by atoms with Crippen molar-refractivity contribution in [1.29, 1.82) is 0 Å². The molecular formula is CH10N2NaO7P. The minimum Gasteiger partial charge on any atom is -0.756 e. The van der Waals surface area contributed by atoms with Gasteiger partial charge in [-0.2, -0.15) is 0 Å². The van der Waals surface area contributed by atoms with E-state index in [9.17, 15) is 0 Å². The van der Waals surface area contributed by atoms with Gasteiger partial charge in [0.05, 0.1) is 0 Å². The molecule has 10 N–H and O–H groups in total. The molecule has 0 aromatic heterocycles. The summed E-state index contributed by atoms with van der Waals surface area (Å²) in [5.41, 5.74) is 0. The molecule has 0 rings (SSSR count). The van der Waals surface area contributed by atoms with Crippen molar-refractivity contribution in [3.63, 3.8) is 0 Å². The van der Waals surface area contributed by atoms with Crippen LogP contribution in [-0.4, -0.2) is 15.9 Å². The van der Waals surface area contributed by atoms with E-state index < -0.39 is 14.0 Å². The molecule has 0 saturated heterocycles. The Labute approximate surface area is 90.1 Å². The molecule has 0 amide bonds. The molecule has 0 aliphatic heterocycles. The van der Waals surface area contributed by atoms with Gasteiger partial charge in [0.1, 0.15) is 0 Å². The standard InChI is InChI=1S/CH2O3.2H3N.Na.H3O4P/c2-1(3)4;;;;1-5(2,3)4/h(H2,2,3,4);2*1H3;;(H3,1,2,3,4)/q;;;+1;/p-1. The topological polar surface area (TPSA) is 217 Å². The number of rotatable bonds is 0. The van der Waals surface area contributed by atoms with Crippen LogP contribution in [0.1, 0.15) is 0 Å². The van der Waals surface area contributed by atoms with Gasteiger partial charge in [0.15, 0.2) is 0 Å². The van der Waals surface area contributed by atoms with Gasteiger partial charge in [-0.15, -0.1) is 0 Å². The predicted octanol–water partition coefficient (Wildman–Crippen LogP) is -6.25. The van der Waals surface area contributed by atoms with Crippen LogP contribution in [0.3, 0.4) is 0 Å². The molecule has 11 heteroatoms. The summed E-state index contributed by atoms with van der Waals surface area (Å²) in [7, 11) is -4.89. The number of carbonyl (C=O) groups is 1. The fraction of sp³-hybridized carbons (Fsp3) is 0. The zero-order valence-electron chi connectivity index (χ0n) is 6.88. The van der Waals surface area contributed by atoms with Crippen molar-refractivity contribution in [1.82, 2.24) is 12.3 Å². The molecule has 72 valence electrons. The minimum absolute atomic E-state index is 0. The van der Waals surface area contributed by atoms with Gasteiger partial charge in [0, 0.05) is 0 Å². The second kappa shape index (κ2) is 13.9. The van der Waals surface area contributed by atoms with Gasteiger partial charge in [0.2, 0.25) is 0 Å². The second-order valence-electron chi connectivity index (χ2n) is 0.741. The van der Waals surface area contributed by atoms with E-state index in [1.54, 1.807) is 0 Å². The summed E-state index contributed by atoms with van der Waals surface area (Å²) in [6.07, 6.45) is -2.33. The summed E-state index contributed by atoms with van der Waals surface area (Å²) < 4.78 is 8.77. The van der Waals surface area contributed by atoms with E-state index in [4.69, 9.17) is 34.3 Å². The summed E-state index contributed by atoms with van der Waals surface area (Å²) in [5.74, 6) is 0. The van der Waals surface area contributed by atoms with Crippen LogP contribution in [0.5, 0.6) is 0 Å².